The molecule has 0 aromatic heterocycles. The van der Waals surface area contributed by atoms with Gasteiger partial charge < -0.3 is 20.1 Å². The number of carbonyl (C=O) groups excluding carboxylic acids is 4. The van der Waals surface area contributed by atoms with Crippen LogP contribution in [0.15, 0.2) is 24.3 Å². The van der Waals surface area contributed by atoms with E-state index in [1.54, 1.807) is 52.0 Å². The van der Waals surface area contributed by atoms with Crippen LogP contribution in [0, 0.1) is 19.4 Å². The molecule has 0 aliphatic carbocycles. The summed E-state index contributed by atoms with van der Waals surface area (Å²) in [4.78, 5) is 49.6. The quantitative estimate of drug-likeness (QED) is 0.392. The molecule has 1 unspecified atom stereocenters. The molecule has 1 aromatic carbocycles. The largest absolute Gasteiger partial charge is 0.468 e. The normalized spacial score (nSPS) is 11.5. The minimum absolute atomic E-state index is 0.388. The van der Waals surface area contributed by atoms with Gasteiger partial charge in [0.15, 0.2) is 0 Å². The van der Waals surface area contributed by atoms with E-state index in [1.807, 2.05) is 0 Å². The Morgan fingerprint density at radius 2 is 1.77 bits per heavy atom. The summed E-state index contributed by atoms with van der Waals surface area (Å²) in [6, 6.07) is 7.86. The smallest absolute Gasteiger partial charge is 0.408 e. The summed E-state index contributed by atoms with van der Waals surface area (Å²) < 4.78 is 9.60. The molecule has 9 nitrogen and oxygen atoms in total. The average Bonchev–Trinajstić information content (AvgIpc) is 2.67. The Kier molecular flexibility index (Phi) is 8.86. The number of ether oxygens (including phenoxy) is 2. The number of methoxy groups -OCH3 is 1. The van der Waals surface area contributed by atoms with Gasteiger partial charge in [-0.05, 0) is 38.8 Å². The van der Waals surface area contributed by atoms with Crippen molar-refractivity contribution in [3.8, 4) is 12.5 Å². The molecule has 0 saturated heterocycles. The van der Waals surface area contributed by atoms with Crippen LogP contribution in [0.2, 0.25) is 0 Å². The van der Waals surface area contributed by atoms with Gasteiger partial charge in [-0.25, -0.2) is 4.79 Å². The third kappa shape index (κ3) is 7.47. The number of esters is 1. The molecule has 162 valence electrons. The molecule has 0 bridgehead atoms. The molecular weight excluding hydrogens is 390 g/mol. The number of amides is 3. The Morgan fingerprint density at radius 1 is 1.13 bits per heavy atom. The maximum absolute atomic E-state index is 12.8. The summed E-state index contributed by atoms with van der Waals surface area (Å²) >= 11 is 0. The number of hydrogen-bond donors (Lipinski definition) is 2. The molecule has 9 heteroatoms. The first-order chi connectivity index (χ1) is 14.0. The number of hydrogen-bond acceptors (Lipinski definition) is 6. The van der Waals surface area contributed by atoms with Crippen LogP contribution < -0.4 is 10.6 Å². The van der Waals surface area contributed by atoms with Crippen molar-refractivity contribution in [1.29, 1.82) is 0 Å². The molecule has 3 amide bonds. The molecule has 1 aromatic rings. The first-order valence-electron chi connectivity index (χ1n) is 9.15. The number of nitrogens with zero attached hydrogens (tertiary/aromatic N) is 1. The van der Waals surface area contributed by atoms with Gasteiger partial charge in [0.2, 0.25) is 5.91 Å². The van der Waals surface area contributed by atoms with Crippen molar-refractivity contribution in [2.24, 2.45) is 0 Å². The first kappa shape index (κ1) is 24.5. The average molecular weight is 417 g/mol. The monoisotopic (exact) mass is 417 g/mol. The van der Waals surface area contributed by atoms with Gasteiger partial charge >= 0.3 is 12.1 Å². The lowest BCUT2D eigenvalue weighted by Crippen LogP contribution is -2.46. The lowest BCUT2D eigenvalue weighted by atomic mass is 9.99. The molecule has 1 rings (SSSR count). The van der Waals surface area contributed by atoms with Crippen LogP contribution in [0.3, 0.4) is 0 Å². The maximum atomic E-state index is 12.8. The Morgan fingerprint density at radius 3 is 2.30 bits per heavy atom. The molecule has 0 aliphatic rings. The Labute approximate surface area is 176 Å². The lowest BCUT2D eigenvalue weighted by molar-refractivity contribution is -0.142. The Hall–Kier alpha value is -3.54. The third-order valence-corrected chi connectivity index (χ3v) is 3.81. The van der Waals surface area contributed by atoms with E-state index in [9.17, 15) is 19.2 Å². The second kappa shape index (κ2) is 10.9. The molecule has 0 spiro atoms. The highest BCUT2D eigenvalue weighted by atomic mass is 16.6. The molecule has 0 fully saturated rings. The van der Waals surface area contributed by atoms with E-state index in [1.165, 1.54) is 7.11 Å². The molecule has 2 N–H and O–H groups in total. The van der Waals surface area contributed by atoms with Gasteiger partial charge in [-0.1, -0.05) is 30.7 Å². The summed E-state index contributed by atoms with van der Waals surface area (Å²) in [6.07, 6.45) is 4.73. The minimum Gasteiger partial charge on any atom is -0.468 e. The van der Waals surface area contributed by atoms with Gasteiger partial charge in [0.25, 0.3) is 5.91 Å². The summed E-state index contributed by atoms with van der Waals surface area (Å²) in [5.74, 6) is -2.03. The highest BCUT2D eigenvalue weighted by molar-refractivity contribution is 5.93. The van der Waals surface area contributed by atoms with Crippen molar-refractivity contribution < 1.29 is 28.7 Å². The molecule has 0 heterocycles. The topological polar surface area (TPSA) is 114 Å². The van der Waals surface area contributed by atoms with Crippen LogP contribution in [0.25, 0.3) is 0 Å². The highest BCUT2D eigenvalue weighted by Crippen LogP contribution is 2.24. The van der Waals surface area contributed by atoms with Crippen molar-refractivity contribution in [2.75, 3.05) is 20.2 Å². The Bertz CT molecular complexity index is 838. The van der Waals surface area contributed by atoms with E-state index in [0.29, 0.717) is 11.1 Å². The Balaban J connectivity index is 3.08. The van der Waals surface area contributed by atoms with Gasteiger partial charge in [-0.15, -0.1) is 0 Å². The minimum atomic E-state index is -1.21. The van der Waals surface area contributed by atoms with Crippen LogP contribution in [0.1, 0.15) is 37.9 Å². The van der Waals surface area contributed by atoms with E-state index in [0.717, 1.165) is 4.90 Å². The van der Waals surface area contributed by atoms with Crippen molar-refractivity contribution in [1.82, 2.24) is 15.5 Å². The predicted octanol–water partition coefficient (Wildman–Crippen LogP) is 1.27. The number of nitrogens with one attached hydrogen (secondary N) is 2. The van der Waals surface area contributed by atoms with E-state index >= 15 is 0 Å². The SMILES string of the molecule is C#CN(C(=O)CNC(=O)OC(C)(C)C)C(C(=O)NCC(=O)OC)c1ccccc1C. The number of carbonyl (C=O) groups is 4. The second-order valence-electron chi connectivity index (χ2n) is 7.30. The fourth-order valence-corrected chi connectivity index (χ4v) is 2.46. The molecule has 0 radical (unpaired) electrons. The fourth-order valence-electron chi connectivity index (χ4n) is 2.46. The van der Waals surface area contributed by atoms with Crippen molar-refractivity contribution in [3.05, 3.63) is 35.4 Å². The zero-order valence-corrected chi connectivity index (χ0v) is 17.8. The maximum Gasteiger partial charge on any atom is 0.408 e. The summed E-state index contributed by atoms with van der Waals surface area (Å²) in [7, 11) is 1.19. The summed E-state index contributed by atoms with van der Waals surface area (Å²) in [6.45, 7) is 5.94. The van der Waals surface area contributed by atoms with Crippen LogP contribution in [-0.2, 0) is 23.9 Å². The highest BCUT2D eigenvalue weighted by Gasteiger charge is 2.32. The van der Waals surface area contributed by atoms with E-state index in [4.69, 9.17) is 11.2 Å². The predicted molar refractivity (Wildman–Crippen MR) is 109 cm³/mol. The first-order valence-corrected chi connectivity index (χ1v) is 9.15. The number of terminal acetylenes is 1. The van der Waals surface area contributed by atoms with E-state index < -0.39 is 42.1 Å². The van der Waals surface area contributed by atoms with Gasteiger partial charge in [0.05, 0.1) is 7.11 Å². The van der Waals surface area contributed by atoms with Crippen LogP contribution in [0.4, 0.5) is 4.79 Å². The van der Waals surface area contributed by atoms with Gasteiger partial charge in [-0.2, -0.15) is 0 Å². The molecule has 30 heavy (non-hydrogen) atoms. The lowest BCUT2D eigenvalue weighted by Gasteiger charge is -2.27. The van der Waals surface area contributed by atoms with Crippen molar-refractivity contribution in [3.63, 3.8) is 0 Å². The summed E-state index contributed by atoms with van der Waals surface area (Å²) in [5, 5.41) is 4.73. The number of benzene rings is 1. The molecule has 0 saturated carbocycles. The van der Waals surface area contributed by atoms with Gasteiger partial charge in [0, 0.05) is 6.04 Å². The fraction of sp³-hybridized carbons (Fsp3) is 0.429. The van der Waals surface area contributed by atoms with E-state index in [-0.39, 0.29) is 6.54 Å². The molecular formula is C21H27N3O6. The van der Waals surface area contributed by atoms with Crippen LogP contribution >= 0.6 is 0 Å². The van der Waals surface area contributed by atoms with Gasteiger partial charge in [0.1, 0.15) is 24.7 Å². The number of rotatable bonds is 7. The third-order valence-electron chi connectivity index (χ3n) is 3.81. The standard InChI is InChI=1S/C21H27N3O6/c1-7-24(16(25)12-23-20(28)30-21(3,4)5)18(15-11-9-8-10-14(15)2)19(27)22-13-17(26)29-6/h1,8-11,18H,12-13H2,2-6H3,(H,22,27)(H,23,28). The van der Waals surface area contributed by atoms with Crippen LogP contribution in [-0.4, -0.2) is 54.6 Å². The summed E-state index contributed by atoms with van der Waals surface area (Å²) in [5.41, 5.74) is 0.448. The zero-order valence-electron chi connectivity index (χ0n) is 17.8. The number of alkyl carbamates (subject to hydrolysis) is 1. The van der Waals surface area contributed by atoms with Crippen molar-refractivity contribution >= 4 is 23.9 Å². The molecule has 1 atom stereocenters. The zero-order chi connectivity index (χ0) is 22.9. The molecule has 0 aliphatic heterocycles. The van der Waals surface area contributed by atoms with Crippen molar-refractivity contribution in [2.45, 2.75) is 39.3 Å². The van der Waals surface area contributed by atoms with E-state index in [2.05, 4.69) is 21.4 Å². The number of aryl methyl sites for hydroxylation is 1. The van der Waals surface area contributed by atoms with Gasteiger partial charge in [-0.3, -0.25) is 19.3 Å². The van der Waals surface area contributed by atoms with Crippen LogP contribution in [0.5, 0.6) is 0 Å². The second-order valence-corrected chi connectivity index (χ2v) is 7.30.